The van der Waals surface area contributed by atoms with Crippen molar-refractivity contribution in [3.63, 3.8) is 0 Å². The smallest absolute Gasteiger partial charge is 0.307 e. The number of likely N-dealkylation sites (tertiary alicyclic amines) is 1. The summed E-state index contributed by atoms with van der Waals surface area (Å²) in [5, 5.41) is 8.86. The Morgan fingerprint density at radius 1 is 1.20 bits per heavy atom. The maximum atomic E-state index is 12.3. The highest BCUT2D eigenvalue weighted by Crippen LogP contribution is 2.37. The predicted molar refractivity (Wildman–Crippen MR) is 87.7 cm³/mol. The monoisotopic (exact) mass is 340 g/mol. The van der Waals surface area contributed by atoms with Crippen molar-refractivity contribution in [1.82, 2.24) is 4.90 Å². The van der Waals surface area contributed by atoms with Gasteiger partial charge in [0.15, 0.2) is 0 Å². The summed E-state index contributed by atoms with van der Waals surface area (Å²) in [5.74, 6) is -1.11. The van der Waals surface area contributed by atoms with E-state index in [0.717, 1.165) is 31.2 Å². The molecule has 1 saturated carbocycles. The molecule has 1 saturated heterocycles. The Labute approximate surface area is 146 Å². The van der Waals surface area contributed by atoms with E-state index in [1.165, 1.54) is 4.90 Å². The van der Waals surface area contributed by atoms with E-state index in [-0.39, 0.29) is 43.2 Å². The molecule has 2 unspecified atom stereocenters. The Morgan fingerprint density at radius 2 is 1.88 bits per heavy atom. The van der Waals surface area contributed by atoms with Gasteiger partial charge in [-0.15, -0.1) is 0 Å². The number of amides is 2. The van der Waals surface area contributed by atoms with E-state index < -0.39 is 5.97 Å². The minimum absolute atomic E-state index is 0.00510. The zero-order chi connectivity index (χ0) is 17.8. The highest BCUT2D eigenvalue weighted by atomic mass is 16.5. The molecule has 2 atom stereocenters. The highest BCUT2D eigenvalue weighted by molar-refractivity contribution is 6.05. The number of carbonyl (C=O) groups excluding carboxylic acids is 3. The molecule has 1 aromatic carbocycles. The van der Waals surface area contributed by atoms with Crippen LogP contribution < -0.4 is 0 Å². The fourth-order valence-electron chi connectivity index (χ4n) is 3.62. The molecular weight excluding hydrogens is 320 g/mol. The molecule has 1 heterocycles. The van der Waals surface area contributed by atoms with E-state index in [9.17, 15) is 14.4 Å². The molecule has 1 aliphatic carbocycles. The van der Waals surface area contributed by atoms with Crippen LogP contribution in [-0.4, -0.2) is 29.2 Å². The number of benzene rings is 1. The second kappa shape index (κ2) is 7.47. The van der Waals surface area contributed by atoms with Gasteiger partial charge in [-0.25, -0.2) is 0 Å². The number of hydrogen-bond acceptors (Lipinski definition) is 5. The third-order valence-corrected chi connectivity index (χ3v) is 4.93. The van der Waals surface area contributed by atoms with Crippen LogP contribution in [0.15, 0.2) is 24.3 Å². The highest BCUT2D eigenvalue weighted by Gasteiger charge is 2.47. The van der Waals surface area contributed by atoms with Gasteiger partial charge < -0.3 is 4.74 Å². The lowest BCUT2D eigenvalue weighted by Crippen LogP contribution is -2.33. The molecule has 2 aliphatic rings. The van der Waals surface area contributed by atoms with Crippen molar-refractivity contribution in [1.29, 1.82) is 5.26 Å². The van der Waals surface area contributed by atoms with Crippen LogP contribution in [0.4, 0.5) is 0 Å². The normalized spacial score (nSPS) is 22.4. The van der Waals surface area contributed by atoms with E-state index in [1.807, 2.05) is 6.07 Å². The first-order valence-corrected chi connectivity index (χ1v) is 8.60. The van der Waals surface area contributed by atoms with Gasteiger partial charge in [0.1, 0.15) is 6.61 Å². The first-order valence-electron chi connectivity index (χ1n) is 8.60. The van der Waals surface area contributed by atoms with Gasteiger partial charge in [-0.3, -0.25) is 19.3 Å². The number of ether oxygens (including phenoxy) is 1. The van der Waals surface area contributed by atoms with Gasteiger partial charge in [-0.1, -0.05) is 25.0 Å². The van der Waals surface area contributed by atoms with Gasteiger partial charge in [0.05, 0.1) is 29.9 Å². The van der Waals surface area contributed by atoms with Crippen LogP contribution in [0.3, 0.4) is 0 Å². The van der Waals surface area contributed by atoms with Crippen LogP contribution in [0.25, 0.3) is 0 Å². The summed E-state index contributed by atoms with van der Waals surface area (Å²) >= 11 is 0. The van der Waals surface area contributed by atoms with Gasteiger partial charge in [-0.05, 0) is 30.5 Å². The number of imide groups is 1. The van der Waals surface area contributed by atoms with Gasteiger partial charge in [0, 0.05) is 6.54 Å². The Morgan fingerprint density at radius 3 is 2.52 bits per heavy atom. The molecule has 0 N–H and O–H groups in total. The van der Waals surface area contributed by atoms with Crippen molar-refractivity contribution < 1.29 is 19.1 Å². The van der Waals surface area contributed by atoms with Gasteiger partial charge >= 0.3 is 5.97 Å². The fourth-order valence-corrected chi connectivity index (χ4v) is 3.62. The number of nitrogens with zero attached hydrogens (tertiary/aromatic N) is 2. The third-order valence-electron chi connectivity index (χ3n) is 4.93. The standard InChI is InChI=1S/C19H20N2O4/c20-11-13-4-3-5-14(10-13)12-25-17(22)8-9-21-18(23)15-6-1-2-7-16(15)19(21)24/h3-5,10,15-16H,1-2,6-9,12H2. The summed E-state index contributed by atoms with van der Waals surface area (Å²) in [7, 11) is 0. The summed E-state index contributed by atoms with van der Waals surface area (Å²) < 4.78 is 5.18. The maximum Gasteiger partial charge on any atom is 0.307 e. The lowest BCUT2D eigenvalue weighted by Gasteiger charge is -2.19. The lowest BCUT2D eigenvalue weighted by molar-refractivity contribution is -0.146. The SMILES string of the molecule is N#Cc1cccc(COC(=O)CCN2C(=O)C3CCCCC3C2=O)c1. The minimum Gasteiger partial charge on any atom is -0.461 e. The van der Waals surface area contributed by atoms with Crippen molar-refractivity contribution in [2.45, 2.75) is 38.7 Å². The molecule has 0 aromatic heterocycles. The Hall–Kier alpha value is -2.68. The zero-order valence-corrected chi connectivity index (χ0v) is 13.9. The summed E-state index contributed by atoms with van der Waals surface area (Å²) in [6, 6.07) is 8.86. The van der Waals surface area contributed by atoms with Gasteiger partial charge in [0.25, 0.3) is 0 Å². The summed E-state index contributed by atoms with van der Waals surface area (Å²) in [5.41, 5.74) is 1.23. The second-order valence-corrected chi connectivity index (χ2v) is 6.55. The van der Waals surface area contributed by atoms with Crippen molar-refractivity contribution in [2.75, 3.05) is 6.54 Å². The van der Waals surface area contributed by atoms with Crippen LogP contribution in [0.2, 0.25) is 0 Å². The number of rotatable bonds is 5. The molecule has 0 spiro atoms. The van der Waals surface area contributed by atoms with E-state index in [2.05, 4.69) is 0 Å². The van der Waals surface area contributed by atoms with E-state index in [4.69, 9.17) is 10.00 Å². The lowest BCUT2D eigenvalue weighted by atomic mass is 9.81. The number of nitriles is 1. The van der Waals surface area contributed by atoms with Gasteiger partial charge in [-0.2, -0.15) is 5.26 Å². The number of fused-ring (bicyclic) bond motifs is 1. The molecule has 1 aliphatic heterocycles. The first-order chi connectivity index (χ1) is 12.1. The van der Waals surface area contributed by atoms with Crippen molar-refractivity contribution in [3.05, 3.63) is 35.4 Å². The average molecular weight is 340 g/mol. The van der Waals surface area contributed by atoms with Gasteiger partial charge in [0.2, 0.25) is 11.8 Å². The van der Waals surface area contributed by atoms with Crippen LogP contribution >= 0.6 is 0 Å². The summed E-state index contributed by atoms with van der Waals surface area (Å²) in [6.07, 6.45) is 3.50. The number of esters is 1. The Balaban J connectivity index is 1.49. The van der Waals surface area contributed by atoms with Crippen molar-refractivity contribution >= 4 is 17.8 Å². The van der Waals surface area contributed by atoms with Crippen LogP contribution in [0.1, 0.15) is 43.2 Å². The average Bonchev–Trinajstić information content (AvgIpc) is 2.89. The number of hydrogen-bond donors (Lipinski definition) is 0. The fraction of sp³-hybridized carbons (Fsp3) is 0.474. The third kappa shape index (κ3) is 3.71. The Kier molecular flexibility index (Phi) is 5.13. The van der Waals surface area contributed by atoms with E-state index >= 15 is 0 Å². The van der Waals surface area contributed by atoms with Crippen molar-refractivity contribution in [2.24, 2.45) is 11.8 Å². The molecule has 3 rings (SSSR count). The Bertz CT molecular complexity index is 713. The topological polar surface area (TPSA) is 87.5 Å². The predicted octanol–water partition coefficient (Wildman–Crippen LogP) is 2.17. The van der Waals surface area contributed by atoms with E-state index in [0.29, 0.717) is 5.56 Å². The molecule has 25 heavy (non-hydrogen) atoms. The summed E-state index contributed by atoms with van der Waals surface area (Å²) in [6.45, 7) is 0.156. The second-order valence-electron chi connectivity index (χ2n) is 6.55. The zero-order valence-electron chi connectivity index (χ0n) is 13.9. The quantitative estimate of drug-likeness (QED) is 0.605. The molecule has 130 valence electrons. The maximum absolute atomic E-state index is 12.3. The van der Waals surface area contributed by atoms with Crippen LogP contribution in [-0.2, 0) is 25.7 Å². The molecule has 0 radical (unpaired) electrons. The molecular formula is C19H20N2O4. The summed E-state index contributed by atoms with van der Waals surface area (Å²) in [4.78, 5) is 37.8. The molecule has 2 fully saturated rings. The van der Waals surface area contributed by atoms with Crippen molar-refractivity contribution in [3.8, 4) is 6.07 Å². The molecule has 2 amide bonds. The molecule has 0 bridgehead atoms. The number of carbonyl (C=O) groups is 3. The molecule has 6 heteroatoms. The largest absolute Gasteiger partial charge is 0.461 e. The van der Waals surface area contributed by atoms with Crippen LogP contribution in [0, 0.1) is 23.2 Å². The minimum atomic E-state index is -0.460. The van der Waals surface area contributed by atoms with Crippen LogP contribution in [0.5, 0.6) is 0 Å². The molecule has 6 nitrogen and oxygen atoms in total. The first kappa shape index (κ1) is 17.2. The van der Waals surface area contributed by atoms with E-state index in [1.54, 1.807) is 24.3 Å². The molecule has 1 aromatic rings.